The first-order chi connectivity index (χ1) is 12.7. The Labute approximate surface area is 158 Å². The van der Waals surface area contributed by atoms with Gasteiger partial charge in [-0.3, -0.25) is 4.98 Å². The van der Waals surface area contributed by atoms with E-state index in [0.29, 0.717) is 11.5 Å². The van der Waals surface area contributed by atoms with Crippen molar-refractivity contribution in [3.05, 3.63) is 53.5 Å². The Hall–Kier alpha value is -1.70. The minimum atomic E-state index is -0.133. The molecule has 0 amide bonds. The zero-order chi connectivity index (χ0) is 18.4. The van der Waals surface area contributed by atoms with Gasteiger partial charge in [-0.2, -0.15) is 0 Å². The van der Waals surface area contributed by atoms with Crippen LogP contribution in [0.3, 0.4) is 0 Å². The van der Waals surface area contributed by atoms with Gasteiger partial charge in [0.15, 0.2) is 0 Å². The van der Waals surface area contributed by atoms with Gasteiger partial charge >= 0.3 is 0 Å². The van der Waals surface area contributed by atoms with Crippen LogP contribution < -0.4 is 0 Å². The molecular formula is C24H32FN. The smallest absolute Gasteiger partial charge is 0.132 e. The van der Waals surface area contributed by atoms with Crippen molar-refractivity contribution < 1.29 is 4.39 Å². The number of halogens is 1. The summed E-state index contributed by atoms with van der Waals surface area (Å²) in [6.07, 6.45) is 12.9. The van der Waals surface area contributed by atoms with E-state index in [4.69, 9.17) is 0 Å². The van der Waals surface area contributed by atoms with Crippen LogP contribution >= 0.6 is 0 Å². The lowest BCUT2D eigenvalue weighted by molar-refractivity contribution is 0.318. The topological polar surface area (TPSA) is 12.9 Å². The molecule has 1 aliphatic carbocycles. The summed E-state index contributed by atoms with van der Waals surface area (Å²) in [4.78, 5) is 4.51. The van der Waals surface area contributed by atoms with Crippen LogP contribution in [0.2, 0.25) is 0 Å². The normalized spacial score (nSPS) is 20.3. The van der Waals surface area contributed by atoms with Gasteiger partial charge in [0.1, 0.15) is 5.82 Å². The first-order valence-electron chi connectivity index (χ1n) is 10.5. The maximum absolute atomic E-state index is 14.7. The van der Waals surface area contributed by atoms with Crippen LogP contribution in [0.5, 0.6) is 0 Å². The summed E-state index contributed by atoms with van der Waals surface area (Å²) in [6, 6.07) is 9.86. The molecule has 0 radical (unpaired) electrons. The van der Waals surface area contributed by atoms with Crippen LogP contribution in [0.25, 0.3) is 11.3 Å². The number of hydrogen-bond donors (Lipinski definition) is 0. The van der Waals surface area contributed by atoms with Crippen molar-refractivity contribution in [2.24, 2.45) is 5.92 Å². The Morgan fingerprint density at radius 1 is 1.00 bits per heavy atom. The third kappa shape index (κ3) is 4.72. The van der Waals surface area contributed by atoms with Gasteiger partial charge in [0.05, 0.1) is 5.69 Å². The molecule has 2 aromatic rings. The predicted molar refractivity (Wildman–Crippen MR) is 108 cm³/mol. The van der Waals surface area contributed by atoms with E-state index in [1.807, 2.05) is 18.3 Å². The van der Waals surface area contributed by atoms with Gasteiger partial charge < -0.3 is 0 Å². The van der Waals surface area contributed by atoms with E-state index < -0.39 is 0 Å². The third-order valence-corrected chi connectivity index (χ3v) is 6.06. The van der Waals surface area contributed by atoms with Gasteiger partial charge in [-0.05, 0) is 79.7 Å². The van der Waals surface area contributed by atoms with Crippen LogP contribution in [-0.2, 0) is 6.42 Å². The molecule has 1 aromatic carbocycles. The summed E-state index contributed by atoms with van der Waals surface area (Å²) in [6.45, 7) is 4.49. The van der Waals surface area contributed by atoms with Gasteiger partial charge in [0.25, 0.3) is 0 Å². The van der Waals surface area contributed by atoms with Gasteiger partial charge in [-0.1, -0.05) is 45.2 Å². The molecule has 26 heavy (non-hydrogen) atoms. The lowest BCUT2D eigenvalue weighted by atomic mass is 9.77. The first kappa shape index (κ1) is 19.1. The van der Waals surface area contributed by atoms with Crippen LogP contribution in [0.15, 0.2) is 36.5 Å². The van der Waals surface area contributed by atoms with Crippen molar-refractivity contribution in [3.8, 4) is 11.3 Å². The maximum Gasteiger partial charge on any atom is 0.132 e. The summed E-state index contributed by atoms with van der Waals surface area (Å²) >= 11 is 0. The van der Waals surface area contributed by atoms with Crippen molar-refractivity contribution >= 4 is 0 Å². The molecule has 0 spiro atoms. The molecule has 140 valence electrons. The van der Waals surface area contributed by atoms with Crippen LogP contribution in [0, 0.1) is 11.7 Å². The molecular weight excluding hydrogens is 321 g/mol. The molecule has 0 saturated heterocycles. The molecule has 3 rings (SSSR count). The summed E-state index contributed by atoms with van der Waals surface area (Å²) in [5, 5.41) is 0. The first-order valence-corrected chi connectivity index (χ1v) is 10.5. The van der Waals surface area contributed by atoms with E-state index in [9.17, 15) is 4.39 Å². The van der Waals surface area contributed by atoms with E-state index in [-0.39, 0.29) is 5.82 Å². The van der Waals surface area contributed by atoms with Crippen molar-refractivity contribution in [2.75, 3.05) is 0 Å². The van der Waals surface area contributed by atoms with Crippen molar-refractivity contribution in [2.45, 2.75) is 77.6 Å². The third-order valence-electron chi connectivity index (χ3n) is 6.06. The number of hydrogen-bond acceptors (Lipinski definition) is 1. The molecule has 2 heteroatoms. The lowest BCUT2D eigenvalue weighted by Crippen LogP contribution is -2.12. The average molecular weight is 354 g/mol. The monoisotopic (exact) mass is 353 g/mol. The summed E-state index contributed by atoms with van der Waals surface area (Å²) < 4.78 is 14.7. The Morgan fingerprint density at radius 2 is 1.81 bits per heavy atom. The Kier molecular flexibility index (Phi) is 6.82. The Bertz CT molecular complexity index is 684. The van der Waals surface area contributed by atoms with Crippen LogP contribution in [-0.4, -0.2) is 4.98 Å². The minimum Gasteiger partial charge on any atom is -0.256 e. The average Bonchev–Trinajstić information content (AvgIpc) is 2.69. The second kappa shape index (κ2) is 9.30. The molecule has 0 N–H and O–H groups in total. The van der Waals surface area contributed by atoms with Crippen molar-refractivity contribution in [1.29, 1.82) is 0 Å². The SMILES string of the molecule is CCCCCc1ccc(-c2ccc(C3CCC(CC)CC3)cc2F)nc1. The molecule has 1 aliphatic rings. The van der Waals surface area contributed by atoms with Crippen molar-refractivity contribution in [3.63, 3.8) is 0 Å². The van der Waals surface area contributed by atoms with Gasteiger partial charge in [0.2, 0.25) is 0 Å². The fourth-order valence-corrected chi connectivity index (χ4v) is 4.21. The number of pyridine rings is 1. The standard InChI is InChI=1S/C24H32FN/c1-3-5-6-7-19-10-15-24(26-17-19)22-14-13-21(16-23(22)25)20-11-8-18(4-2)9-12-20/h10,13-18,20H,3-9,11-12H2,1-2H3. The maximum atomic E-state index is 14.7. The lowest BCUT2D eigenvalue weighted by Gasteiger charge is -2.28. The van der Waals surface area contributed by atoms with E-state index in [0.717, 1.165) is 23.6 Å². The molecule has 1 saturated carbocycles. The molecule has 0 bridgehead atoms. The highest BCUT2D eigenvalue weighted by Gasteiger charge is 2.22. The largest absolute Gasteiger partial charge is 0.256 e. The molecule has 1 aromatic heterocycles. The van der Waals surface area contributed by atoms with Crippen molar-refractivity contribution in [1.82, 2.24) is 4.98 Å². The highest BCUT2D eigenvalue weighted by atomic mass is 19.1. The quantitative estimate of drug-likeness (QED) is 0.476. The zero-order valence-corrected chi connectivity index (χ0v) is 16.3. The fourth-order valence-electron chi connectivity index (χ4n) is 4.21. The summed E-state index contributed by atoms with van der Waals surface area (Å²) in [5.41, 5.74) is 3.77. The highest BCUT2D eigenvalue weighted by Crippen LogP contribution is 2.38. The molecule has 0 atom stereocenters. The summed E-state index contributed by atoms with van der Waals surface area (Å²) in [5.74, 6) is 1.26. The van der Waals surface area contributed by atoms with E-state index in [1.165, 1.54) is 56.9 Å². The van der Waals surface area contributed by atoms with Gasteiger partial charge in [0, 0.05) is 11.8 Å². The molecule has 0 unspecified atom stereocenters. The second-order valence-electron chi connectivity index (χ2n) is 7.87. The number of rotatable bonds is 7. The van der Waals surface area contributed by atoms with E-state index in [2.05, 4.69) is 31.0 Å². The highest BCUT2D eigenvalue weighted by molar-refractivity contribution is 5.60. The zero-order valence-electron chi connectivity index (χ0n) is 16.3. The fraction of sp³-hybridized carbons (Fsp3) is 0.542. The Balaban J connectivity index is 1.67. The molecule has 0 aliphatic heterocycles. The van der Waals surface area contributed by atoms with Crippen LogP contribution in [0.4, 0.5) is 4.39 Å². The number of nitrogens with zero attached hydrogens (tertiary/aromatic N) is 1. The number of unbranched alkanes of at least 4 members (excludes halogenated alkanes) is 2. The number of aromatic nitrogens is 1. The predicted octanol–water partition coefficient (Wildman–Crippen LogP) is 7.30. The van der Waals surface area contributed by atoms with Crippen LogP contribution in [0.1, 0.15) is 82.3 Å². The summed E-state index contributed by atoms with van der Waals surface area (Å²) in [7, 11) is 0. The van der Waals surface area contributed by atoms with E-state index >= 15 is 0 Å². The second-order valence-corrected chi connectivity index (χ2v) is 7.87. The molecule has 1 fully saturated rings. The molecule has 1 heterocycles. The number of aryl methyl sites for hydroxylation is 1. The Morgan fingerprint density at radius 3 is 2.42 bits per heavy atom. The minimum absolute atomic E-state index is 0.133. The van der Waals surface area contributed by atoms with Gasteiger partial charge in [-0.15, -0.1) is 0 Å². The number of benzene rings is 1. The molecule has 1 nitrogen and oxygen atoms in total. The van der Waals surface area contributed by atoms with E-state index in [1.54, 1.807) is 6.07 Å². The van der Waals surface area contributed by atoms with Gasteiger partial charge in [-0.25, -0.2) is 4.39 Å².